The zero-order valence-electron chi connectivity index (χ0n) is 26.9. The van der Waals surface area contributed by atoms with Gasteiger partial charge in [-0.05, 0) is 47.7 Å². The van der Waals surface area contributed by atoms with Gasteiger partial charge in [0.05, 0.1) is 28.5 Å². The fourth-order valence-corrected chi connectivity index (χ4v) is 7.48. The van der Waals surface area contributed by atoms with Crippen molar-refractivity contribution < 1.29 is 9.53 Å². The van der Waals surface area contributed by atoms with Gasteiger partial charge in [-0.25, -0.2) is 9.79 Å². The average molecular weight is 672 g/mol. The van der Waals surface area contributed by atoms with Crippen molar-refractivity contribution in [3.63, 3.8) is 0 Å². The number of hydrogen-bond donors (Lipinski definition) is 0. The van der Waals surface area contributed by atoms with Crippen LogP contribution in [0, 0.1) is 0 Å². The molecule has 1 aliphatic heterocycles. The van der Waals surface area contributed by atoms with Gasteiger partial charge < -0.3 is 9.30 Å². The molecule has 0 spiro atoms. The van der Waals surface area contributed by atoms with Crippen LogP contribution in [0.2, 0.25) is 5.02 Å². The van der Waals surface area contributed by atoms with Crippen LogP contribution < -0.4 is 14.9 Å². The summed E-state index contributed by atoms with van der Waals surface area (Å²) in [5.41, 5.74) is 6.36. The summed E-state index contributed by atoms with van der Waals surface area (Å²) >= 11 is 7.85. The van der Waals surface area contributed by atoms with Crippen molar-refractivity contribution in [1.82, 2.24) is 9.13 Å². The lowest BCUT2D eigenvalue weighted by Crippen LogP contribution is -2.40. The summed E-state index contributed by atoms with van der Waals surface area (Å²) < 4.78 is 9.96. The van der Waals surface area contributed by atoms with Crippen molar-refractivity contribution in [2.75, 3.05) is 6.61 Å². The molecule has 0 radical (unpaired) electrons. The van der Waals surface area contributed by atoms with Crippen molar-refractivity contribution in [1.29, 1.82) is 0 Å². The molecular formula is C40H34ClN3O3S. The molecule has 8 heteroatoms. The first-order valence-corrected chi connectivity index (χ1v) is 17.2. The summed E-state index contributed by atoms with van der Waals surface area (Å²) in [4.78, 5) is 33.8. The average Bonchev–Trinajstić information content (AvgIpc) is 3.61. The van der Waals surface area contributed by atoms with Crippen molar-refractivity contribution in [3.8, 4) is 0 Å². The lowest BCUT2D eigenvalue weighted by atomic mass is 9.91. The maximum atomic E-state index is 14.5. The summed E-state index contributed by atoms with van der Waals surface area (Å²) in [5.74, 6) is -0.156. The molecule has 0 amide bonds. The number of ether oxygens (including phenoxy) is 1. The third kappa shape index (κ3) is 5.84. The molecule has 0 unspecified atom stereocenters. The van der Waals surface area contributed by atoms with Gasteiger partial charge in [0.1, 0.15) is 0 Å². The Balaban J connectivity index is 1.45. The van der Waals surface area contributed by atoms with Gasteiger partial charge in [-0.15, -0.1) is 0 Å². The van der Waals surface area contributed by atoms with E-state index in [9.17, 15) is 9.59 Å². The number of carbonyl (C=O) groups excluding carboxylic acids is 1. The van der Waals surface area contributed by atoms with Gasteiger partial charge in [0.2, 0.25) is 0 Å². The van der Waals surface area contributed by atoms with Gasteiger partial charge in [0, 0.05) is 39.8 Å². The highest BCUT2D eigenvalue weighted by atomic mass is 35.5. The number of carbonyl (C=O) groups is 1. The van der Waals surface area contributed by atoms with E-state index in [0.29, 0.717) is 38.1 Å². The summed E-state index contributed by atoms with van der Waals surface area (Å²) in [5, 5.41) is 1.73. The lowest BCUT2D eigenvalue weighted by molar-refractivity contribution is -0.138. The number of rotatable bonds is 8. The lowest BCUT2D eigenvalue weighted by Gasteiger charge is -2.26. The molecular weight excluding hydrogens is 638 g/mol. The molecule has 1 aliphatic rings. The second kappa shape index (κ2) is 13.3. The van der Waals surface area contributed by atoms with E-state index in [1.165, 1.54) is 16.9 Å². The molecule has 0 saturated heterocycles. The zero-order chi connectivity index (χ0) is 33.4. The number of hydrogen-bond acceptors (Lipinski definition) is 5. The largest absolute Gasteiger partial charge is 0.463 e. The van der Waals surface area contributed by atoms with Gasteiger partial charge in [0.15, 0.2) is 4.80 Å². The van der Waals surface area contributed by atoms with Crippen LogP contribution in [-0.2, 0) is 16.1 Å². The molecule has 7 rings (SSSR count). The zero-order valence-corrected chi connectivity index (χ0v) is 28.5. The second-order valence-corrected chi connectivity index (χ2v) is 13.5. The molecule has 0 aliphatic carbocycles. The van der Waals surface area contributed by atoms with Gasteiger partial charge in [-0.2, -0.15) is 0 Å². The van der Waals surface area contributed by atoms with Gasteiger partial charge in [0.25, 0.3) is 5.56 Å². The minimum Gasteiger partial charge on any atom is -0.463 e. The standard InChI is InChI=1S/C40H34ClN3O3S/c1-4-47-39(46)35-36(27-12-6-5-7-13-27)42-40-44(37(35)28-20-18-26(19-21-28)25(2)3)38(45)34(48-40)22-30-24-43(33-17-11-9-15-31(30)33)23-29-14-8-10-16-32(29)41/h5-22,24-25,37H,4,23H2,1-3H3/b34-22-/t37-/m0/s1. The number of aromatic nitrogens is 2. The third-order valence-electron chi connectivity index (χ3n) is 8.70. The number of nitrogens with zero attached hydrogens (tertiary/aromatic N) is 3. The highest BCUT2D eigenvalue weighted by Gasteiger charge is 2.35. The molecule has 0 bridgehead atoms. The first-order chi connectivity index (χ1) is 23.3. The van der Waals surface area contributed by atoms with Crippen LogP contribution in [0.3, 0.4) is 0 Å². The molecule has 0 saturated carbocycles. The molecule has 48 heavy (non-hydrogen) atoms. The molecule has 240 valence electrons. The monoisotopic (exact) mass is 671 g/mol. The SMILES string of the molecule is CCOC(=O)C1=C(c2ccccc2)N=c2s/c(=C\c3cn(Cc4ccccc4Cl)c4ccccc34)c(=O)n2[C@H]1c1ccc(C(C)C)cc1. The number of para-hydroxylation sites is 1. The van der Waals surface area contributed by atoms with Crippen LogP contribution in [0.4, 0.5) is 0 Å². The predicted molar refractivity (Wildman–Crippen MR) is 194 cm³/mol. The summed E-state index contributed by atoms with van der Waals surface area (Å²) in [6.07, 6.45) is 4.00. The Morgan fingerprint density at radius 3 is 2.40 bits per heavy atom. The Hall–Kier alpha value is -4.98. The third-order valence-corrected chi connectivity index (χ3v) is 10.0. The Kier molecular flexibility index (Phi) is 8.73. The van der Waals surface area contributed by atoms with Crippen LogP contribution in [0.1, 0.15) is 60.5 Å². The van der Waals surface area contributed by atoms with Crippen molar-refractivity contribution >= 4 is 51.6 Å². The number of benzene rings is 4. The summed E-state index contributed by atoms with van der Waals surface area (Å²) in [6, 6.07) is 33.0. The Bertz CT molecular complexity index is 2370. The molecule has 2 aromatic heterocycles. The van der Waals surface area contributed by atoms with Crippen LogP contribution in [0.15, 0.2) is 125 Å². The Morgan fingerprint density at radius 1 is 0.958 bits per heavy atom. The van der Waals surface area contributed by atoms with E-state index in [2.05, 4.69) is 48.9 Å². The van der Waals surface area contributed by atoms with Crippen LogP contribution in [0.5, 0.6) is 0 Å². The van der Waals surface area contributed by atoms with Crippen LogP contribution in [-0.4, -0.2) is 21.7 Å². The van der Waals surface area contributed by atoms with Crippen LogP contribution in [0.25, 0.3) is 22.7 Å². The van der Waals surface area contributed by atoms with Crippen molar-refractivity contribution in [3.05, 3.63) is 167 Å². The van der Waals surface area contributed by atoms with E-state index in [1.807, 2.05) is 84.9 Å². The smallest absolute Gasteiger partial charge is 0.338 e. The molecule has 3 heterocycles. The maximum absolute atomic E-state index is 14.5. The van der Waals surface area contributed by atoms with E-state index >= 15 is 0 Å². The van der Waals surface area contributed by atoms with Gasteiger partial charge in [-0.1, -0.05) is 128 Å². The molecule has 0 fully saturated rings. The van der Waals surface area contributed by atoms with E-state index < -0.39 is 12.0 Å². The second-order valence-electron chi connectivity index (χ2n) is 12.1. The maximum Gasteiger partial charge on any atom is 0.338 e. The number of halogens is 1. The number of fused-ring (bicyclic) bond motifs is 2. The summed E-state index contributed by atoms with van der Waals surface area (Å²) in [7, 11) is 0. The highest BCUT2D eigenvalue weighted by molar-refractivity contribution is 7.07. The van der Waals surface area contributed by atoms with E-state index in [-0.39, 0.29) is 12.2 Å². The van der Waals surface area contributed by atoms with Crippen LogP contribution >= 0.6 is 22.9 Å². The minimum absolute atomic E-state index is 0.200. The molecule has 6 aromatic rings. The highest BCUT2D eigenvalue weighted by Crippen LogP contribution is 2.36. The fraction of sp³-hybridized carbons (Fsp3) is 0.175. The molecule has 1 atom stereocenters. The Morgan fingerprint density at radius 2 is 1.67 bits per heavy atom. The predicted octanol–water partition coefficient (Wildman–Crippen LogP) is 7.72. The van der Waals surface area contributed by atoms with Crippen molar-refractivity contribution in [2.45, 2.75) is 39.3 Å². The first-order valence-electron chi connectivity index (χ1n) is 16.0. The molecule has 0 N–H and O–H groups in total. The minimum atomic E-state index is -0.722. The fourth-order valence-electron chi connectivity index (χ4n) is 6.29. The van der Waals surface area contributed by atoms with Crippen molar-refractivity contribution in [2.24, 2.45) is 4.99 Å². The molecule has 4 aromatic carbocycles. The van der Waals surface area contributed by atoms with Gasteiger partial charge in [-0.3, -0.25) is 9.36 Å². The van der Waals surface area contributed by atoms with E-state index in [4.69, 9.17) is 21.3 Å². The Labute approximate surface area is 287 Å². The number of thiazole rings is 1. The summed E-state index contributed by atoms with van der Waals surface area (Å²) in [6.45, 7) is 6.85. The molecule has 6 nitrogen and oxygen atoms in total. The quantitative estimate of drug-likeness (QED) is 0.156. The normalized spacial score (nSPS) is 14.8. The van der Waals surface area contributed by atoms with Gasteiger partial charge >= 0.3 is 5.97 Å². The van der Waals surface area contributed by atoms with E-state index in [1.54, 1.807) is 11.5 Å². The first kappa shape index (κ1) is 31.6. The topological polar surface area (TPSA) is 65.6 Å². The van der Waals surface area contributed by atoms with E-state index in [0.717, 1.165) is 33.2 Å². The number of esters is 1.